The summed E-state index contributed by atoms with van der Waals surface area (Å²) >= 11 is 15.4. The van der Waals surface area contributed by atoms with Gasteiger partial charge in [-0.05, 0) is 42.8 Å². The van der Waals surface area contributed by atoms with Crippen LogP contribution in [0, 0.1) is 6.92 Å². The lowest BCUT2D eigenvalue weighted by molar-refractivity contribution is -0.128. The van der Waals surface area contributed by atoms with E-state index in [0.717, 1.165) is 43.9 Å². The highest BCUT2D eigenvalue weighted by Gasteiger charge is 2.23. The maximum atomic E-state index is 12.5. The van der Waals surface area contributed by atoms with Crippen molar-refractivity contribution in [1.29, 1.82) is 0 Å². The number of amides is 1. The summed E-state index contributed by atoms with van der Waals surface area (Å²) in [6.45, 7) is 5.05. The van der Waals surface area contributed by atoms with Crippen molar-refractivity contribution < 1.29 is 4.79 Å². The van der Waals surface area contributed by atoms with Gasteiger partial charge in [0.1, 0.15) is 0 Å². The first kappa shape index (κ1) is 19.8. The fourth-order valence-corrected chi connectivity index (χ4v) is 5.44. The van der Waals surface area contributed by atoms with Crippen LogP contribution in [0.15, 0.2) is 41.3 Å². The fraction of sp³-hybridized carbons (Fsp3) is 0.300. The van der Waals surface area contributed by atoms with Crippen LogP contribution in [0.2, 0.25) is 10.0 Å². The normalized spacial score (nSPS) is 14.7. The van der Waals surface area contributed by atoms with E-state index in [2.05, 4.69) is 11.8 Å². The number of benzene rings is 2. The van der Waals surface area contributed by atoms with E-state index < -0.39 is 0 Å². The number of anilines is 1. The van der Waals surface area contributed by atoms with Crippen molar-refractivity contribution in [1.82, 2.24) is 9.88 Å². The molecule has 0 N–H and O–H groups in total. The number of halogens is 2. The lowest BCUT2D eigenvalue weighted by Gasteiger charge is -2.34. The summed E-state index contributed by atoms with van der Waals surface area (Å²) in [5.41, 5.74) is 2.11. The van der Waals surface area contributed by atoms with Gasteiger partial charge < -0.3 is 9.80 Å². The quantitative estimate of drug-likeness (QED) is 0.500. The van der Waals surface area contributed by atoms with Crippen LogP contribution >= 0.6 is 46.3 Å². The number of nitrogens with zero attached hydrogens (tertiary/aromatic N) is 3. The number of aromatic nitrogens is 1. The summed E-state index contributed by atoms with van der Waals surface area (Å²) in [7, 11) is 0. The Hall–Kier alpha value is -1.47. The van der Waals surface area contributed by atoms with Gasteiger partial charge in [0.15, 0.2) is 5.13 Å². The molecule has 2 heterocycles. The van der Waals surface area contributed by atoms with Crippen molar-refractivity contribution in [3.63, 3.8) is 0 Å². The SMILES string of the molecule is Cc1ccc(Cl)c2sc(N3CCN(C(=O)CSc4ccc(Cl)cc4)CC3)nc12. The number of piperazine rings is 1. The molecule has 8 heteroatoms. The zero-order chi connectivity index (χ0) is 19.7. The summed E-state index contributed by atoms with van der Waals surface area (Å²) < 4.78 is 1.04. The summed E-state index contributed by atoms with van der Waals surface area (Å²) in [5.74, 6) is 0.611. The number of fused-ring (bicyclic) bond motifs is 1. The predicted octanol–water partition coefficient (Wildman–Crippen LogP) is 5.35. The minimum absolute atomic E-state index is 0.169. The Morgan fingerprint density at radius 2 is 1.82 bits per heavy atom. The van der Waals surface area contributed by atoms with E-state index in [0.29, 0.717) is 23.9 Å². The number of thioether (sulfide) groups is 1. The summed E-state index contributed by atoms with van der Waals surface area (Å²) in [4.78, 5) is 22.6. The van der Waals surface area contributed by atoms with Crippen molar-refractivity contribution in [2.24, 2.45) is 0 Å². The monoisotopic (exact) mass is 451 g/mol. The van der Waals surface area contributed by atoms with Gasteiger partial charge in [0.2, 0.25) is 5.91 Å². The molecule has 28 heavy (non-hydrogen) atoms. The maximum absolute atomic E-state index is 12.5. The second-order valence-electron chi connectivity index (χ2n) is 6.65. The first-order chi connectivity index (χ1) is 13.5. The standard InChI is InChI=1S/C20H19Cl2N3OS2/c1-13-2-7-16(22)19-18(13)23-20(28-19)25-10-8-24(9-11-25)17(26)12-27-15-5-3-14(21)4-6-15/h2-7H,8-12H2,1H3. The summed E-state index contributed by atoms with van der Waals surface area (Å²) in [6, 6.07) is 11.5. The number of rotatable bonds is 4. The van der Waals surface area contributed by atoms with Crippen molar-refractivity contribution in [3.05, 3.63) is 52.0 Å². The molecule has 0 atom stereocenters. The molecule has 4 nitrogen and oxygen atoms in total. The van der Waals surface area contributed by atoms with Crippen LogP contribution in [0.25, 0.3) is 10.2 Å². The zero-order valence-corrected chi connectivity index (χ0v) is 18.5. The van der Waals surface area contributed by atoms with Gasteiger partial charge in [-0.25, -0.2) is 4.98 Å². The highest BCUT2D eigenvalue weighted by molar-refractivity contribution is 8.00. The van der Waals surface area contributed by atoms with Crippen LogP contribution in [-0.4, -0.2) is 47.7 Å². The Bertz CT molecular complexity index is 960. The lowest BCUT2D eigenvalue weighted by Crippen LogP contribution is -2.49. The molecule has 1 aliphatic rings. The number of carbonyl (C=O) groups is 1. The largest absolute Gasteiger partial charge is 0.345 e. The van der Waals surface area contributed by atoms with E-state index in [9.17, 15) is 4.79 Å². The van der Waals surface area contributed by atoms with E-state index >= 15 is 0 Å². The van der Waals surface area contributed by atoms with Crippen molar-refractivity contribution in [2.45, 2.75) is 11.8 Å². The van der Waals surface area contributed by atoms with Crippen molar-refractivity contribution >= 4 is 67.6 Å². The average molecular weight is 452 g/mol. The van der Waals surface area contributed by atoms with E-state index in [1.165, 1.54) is 0 Å². The van der Waals surface area contributed by atoms with E-state index in [1.54, 1.807) is 23.1 Å². The number of aryl methyl sites for hydroxylation is 1. The van der Waals surface area contributed by atoms with Crippen LogP contribution < -0.4 is 4.90 Å². The third-order valence-corrected chi connectivity index (χ3v) is 7.59. The Morgan fingerprint density at radius 3 is 2.50 bits per heavy atom. The smallest absolute Gasteiger partial charge is 0.233 e. The number of hydrogen-bond acceptors (Lipinski definition) is 5. The van der Waals surface area contributed by atoms with Gasteiger partial charge in [-0.2, -0.15) is 0 Å². The van der Waals surface area contributed by atoms with Crippen LogP contribution in [0.5, 0.6) is 0 Å². The molecule has 1 aliphatic heterocycles. The predicted molar refractivity (Wildman–Crippen MR) is 120 cm³/mol. The fourth-order valence-electron chi connectivity index (χ4n) is 3.14. The molecule has 3 aromatic rings. The van der Waals surface area contributed by atoms with Gasteiger partial charge in [0.25, 0.3) is 0 Å². The maximum Gasteiger partial charge on any atom is 0.233 e. The molecule has 1 aromatic heterocycles. The third kappa shape index (κ3) is 4.25. The molecule has 0 unspecified atom stereocenters. The molecule has 1 amide bonds. The zero-order valence-electron chi connectivity index (χ0n) is 15.3. The minimum atomic E-state index is 0.169. The van der Waals surface area contributed by atoms with Gasteiger partial charge >= 0.3 is 0 Å². The summed E-state index contributed by atoms with van der Waals surface area (Å²) in [5, 5.41) is 2.43. The molecule has 0 aliphatic carbocycles. The van der Waals surface area contributed by atoms with Gasteiger partial charge in [-0.1, -0.05) is 40.6 Å². The van der Waals surface area contributed by atoms with Crippen molar-refractivity contribution in [3.8, 4) is 0 Å². The highest BCUT2D eigenvalue weighted by Crippen LogP contribution is 2.35. The van der Waals surface area contributed by atoms with Crippen LogP contribution in [0.4, 0.5) is 5.13 Å². The molecular formula is C20H19Cl2N3OS2. The summed E-state index contributed by atoms with van der Waals surface area (Å²) in [6.07, 6.45) is 0. The Labute approximate surface area is 182 Å². The van der Waals surface area contributed by atoms with Gasteiger partial charge in [0.05, 0.1) is 21.0 Å². The van der Waals surface area contributed by atoms with Gasteiger partial charge in [-0.15, -0.1) is 11.8 Å². The molecule has 1 saturated heterocycles. The van der Waals surface area contributed by atoms with Crippen LogP contribution in [0.1, 0.15) is 5.56 Å². The van der Waals surface area contributed by atoms with Gasteiger partial charge in [0, 0.05) is 36.1 Å². The highest BCUT2D eigenvalue weighted by atomic mass is 35.5. The second kappa shape index (κ2) is 8.49. The third-order valence-electron chi connectivity index (χ3n) is 4.76. The molecule has 2 aromatic carbocycles. The van der Waals surface area contributed by atoms with E-state index in [-0.39, 0.29) is 5.91 Å². The Kier molecular flexibility index (Phi) is 6.01. The number of hydrogen-bond donors (Lipinski definition) is 0. The molecule has 0 saturated carbocycles. The first-order valence-corrected chi connectivity index (χ1v) is 11.5. The molecule has 0 radical (unpaired) electrons. The molecule has 0 spiro atoms. The second-order valence-corrected chi connectivity index (χ2v) is 9.52. The topological polar surface area (TPSA) is 36.4 Å². The van der Waals surface area contributed by atoms with E-state index in [4.69, 9.17) is 28.2 Å². The molecule has 146 valence electrons. The molecular weight excluding hydrogens is 433 g/mol. The lowest BCUT2D eigenvalue weighted by atomic mass is 10.2. The van der Waals surface area contributed by atoms with Crippen LogP contribution in [-0.2, 0) is 4.79 Å². The average Bonchev–Trinajstić information content (AvgIpc) is 3.17. The van der Waals surface area contributed by atoms with Crippen LogP contribution in [0.3, 0.4) is 0 Å². The molecule has 0 bridgehead atoms. The Balaban J connectivity index is 1.35. The minimum Gasteiger partial charge on any atom is -0.345 e. The van der Waals surface area contributed by atoms with E-state index in [1.807, 2.05) is 41.3 Å². The van der Waals surface area contributed by atoms with Gasteiger partial charge in [-0.3, -0.25) is 4.79 Å². The number of thiazole rings is 1. The van der Waals surface area contributed by atoms with Crippen molar-refractivity contribution in [2.75, 3.05) is 36.8 Å². The first-order valence-electron chi connectivity index (χ1n) is 8.98. The molecule has 1 fully saturated rings. The number of carbonyl (C=O) groups excluding carboxylic acids is 1. The molecule has 4 rings (SSSR count). The Morgan fingerprint density at radius 1 is 1.11 bits per heavy atom.